The highest BCUT2D eigenvalue weighted by molar-refractivity contribution is 6.23. The summed E-state index contributed by atoms with van der Waals surface area (Å²) in [5, 5.41) is 0. The Kier molecular flexibility index (Phi) is 6.18. The van der Waals surface area contributed by atoms with Gasteiger partial charge in [-0.15, -0.1) is 0 Å². The van der Waals surface area contributed by atoms with Crippen molar-refractivity contribution in [1.82, 2.24) is 9.80 Å². The Labute approximate surface area is 195 Å². The summed E-state index contributed by atoms with van der Waals surface area (Å²) in [5.41, 5.74) is 2.87. The average molecular weight is 446 g/mol. The van der Waals surface area contributed by atoms with Gasteiger partial charge in [-0.1, -0.05) is 30.4 Å². The summed E-state index contributed by atoms with van der Waals surface area (Å²) in [6, 6.07) is 13.2. The van der Waals surface area contributed by atoms with E-state index in [9.17, 15) is 9.59 Å². The monoisotopic (exact) mass is 445 g/mol. The van der Waals surface area contributed by atoms with E-state index in [1.54, 1.807) is 13.2 Å². The number of carbonyl (C=O) groups is 2. The highest BCUT2D eigenvalue weighted by Gasteiger charge is 2.38. The van der Waals surface area contributed by atoms with Crippen molar-refractivity contribution in [2.75, 3.05) is 44.7 Å². The van der Waals surface area contributed by atoms with Crippen molar-refractivity contribution in [1.29, 1.82) is 0 Å². The van der Waals surface area contributed by atoms with Gasteiger partial charge in [0, 0.05) is 32.7 Å². The van der Waals surface area contributed by atoms with Crippen LogP contribution in [0.4, 0.5) is 5.69 Å². The second-order valence-corrected chi connectivity index (χ2v) is 9.18. The van der Waals surface area contributed by atoms with Crippen LogP contribution in [0.15, 0.2) is 54.6 Å². The molecule has 2 amide bonds. The number of methoxy groups -OCH3 is 1. The van der Waals surface area contributed by atoms with Crippen LogP contribution in [0.3, 0.4) is 0 Å². The molecule has 33 heavy (non-hydrogen) atoms. The van der Waals surface area contributed by atoms with Gasteiger partial charge in [0.05, 0.1) is 30.5 Å². The largest absolute Gasteiger partial charge is 0.497 e. The molecule has 1 atom stereocenters. The first-order valence-corrected chi connectivity index (χ1v) is 11.9. The number of hydrogen-bond donors (Lipinski definition) is 0. The quantitative estimate of drug-likeness (QED) is 0.498. The summed E-state index contributed by atoms with van der Waals surface area (Å²) in [5.74, 6) is 1.10. The molecule has 0 N–H and O–H groups in total. The van der Waals surface area contributed by atoms with Gasteiger partial charge in [0.15, 0.2) is 0 Å². The van der Waals surface area contributed by atoms with Gasteiger partial charge in [-0.3, -0.25) is 19.4 Å². The van der Waals surface area contributed by atoms with E-state index in [1.807, 2.05) is 36.4 Å². The number of nitrogens with zero attached hydrogens (tertiary/aromatic N) is 3. The zero-order valence-electron chi connectivity index (χ0n) is 19.2. The first-order valence-electron chi connectivity index (χ1n) is 11.9. The van der Waals surface area contributed by atoms with E-state index in [0.29, 0.717) is 11.1 Å². The number of rotatable bonds is 6. The molecule has 0 radical (unpaired) electrons. The number of carbonyl (C=O) groups excluding carboxylic acids is 2. The lowest BCUT2D eigenvalue weighted by Gasteiger charge is -2.38. The molecule has 0 bridgehead atoms. The fourth-order valence-electron chi connectivity index (χ4n) is 5.19. The van der Waals surface area contributed by atoms with E-state index < -0.39 is 0 Å². The van der Waals surface area contributed by atoms with Gasteiger partial charge in [0.2, 0.25) is 0 Å². The highest BCUT2D eigenvalue weighted by Crippen LogP contribution is 2.33. The van der Waals surface area contributed by atoms with Gasteiger partial charge in [0.25, 0.3) is 11.8 Å². The van der Waals surface area contributed by atoms with Crippen molar-refractivity contribution in [3.8, 4) is 5.75 Å². The van der Waals surface area contributed by atoms with Crippen LogP contribution in [-0.2, 0) is 6.54 Å². The zero-order valence-corrected chi connectivity index (χ0v) is 19.2. The van der Waals surface area contributed by atoms with Gasteiger partial charge in [-0.05, 0) is 55.0 Å². The number of allylic oxidation sites excluding steroid dienone is 2. The minimum absolute atomic E-state index is 0.196. The number of piperazine rings is 1. The summed E-state index contributed by atoms with van der Waals surface area (Å²) in [6.07, 6.45) is 8.28. The van der Waals surface area contributed by atoms with Gasteiger partial charge in [-0.25, -0.2) is 0 Å². The second kappa shape index (κ2) is 9.40. The van der Waals surface area contributed by atoms with E-state index in [-0.39, 0.29) is 18.4 Å². The summed E-state index contributed by atoms with van der Waals surface area (Å²) in [4.78, 5) is 32.6. The third-order valence-electron chi connectivity index (χ3n) is 7.08. The smallest absolute Gasteiger partial charge is 0.263 e. The molecule has 6 heteroatoms. The highest BCUT2D eigenvalue weighted by atomic mass is 16.5. The summed E-state index contributed by atoms with van der Waals surface area (Å²) < 4.78 is 5.21. The number of anilines is 1. The van der Waals surface area contributed by atoms with E-state index in [4.69, 9.17) is 4.74 Å². The fraction of sp³-hybridized carbons (Fsp3) is 0.407. The summed E-state index contributed by atoms with van der Waals surface area (Å²) >= 11 is 0. The molecule has 6 nitrogen and oxygen atoms in total. The SMILES string of the molecule is COc1ccc(CN2C(=O)c3cccc(N4CCN(CC5CC=CCC5)CC4)c3C2=O)cc1. The first-order chi connectivity index (χ1) is 16.1. The Morgan fingerprint density at radius 2 is 1.73 bits per heavy atom. The van der Waals surface area contributed by atoms with Crippen LogP contribution in [0.1, 0.15) is 45.5 Å². The van der Waals surface area contributed by atoms with E-state index >= 15 is 0 Å². The maximum absolute atomic E-state index is 13.4. The Bertz CT molecular complexity index is 1050. The lowest BCUT2D eigenvalue weighted by atomic mass is 9.94. The second-order valence-electron chi connectivity index (χ2n) is 9.18. The molecule has 3 aliphatic rings. The number of hydrogen-bond acceptors (Lipinski definition) is 5. The van der Waals surface area contributed by atoms with E-state index in [2.05, 4.69) is 22.0 Å². The maximum Gasteiger partial charge on any atom is 0.263 e. The molecule has 1 fully saturated rings. The topological polar surface area (TPSA) is 53.1 Å². The zero-order chi connectivity index (χ0) is 22.8. The molecule has 172 valence electrons. The van der Waals surface area contributed by atoms with E-state index in [0.717, 1.165) is 55.6 Å². The number of fused-ring (bicyclic) bond motifs is 1. The summed E-state index contributed by atoms with van der Waals surface area (Å²) in [6.45, 7) is 5.14. The van der Waals surface area contributed by atoms with Crippen molar-refractivity contribution in [3.05, 3.63) is 71.3 Å². The molecule has 1 saturated heterocycles. The molecule has 5 rings (SSSR count). The van der Waals surface area contributed by atoms with Crippen LogP contribution in [-0.4, -0.2) is 61.4 Å². The predicted octanol–water partition coefficient (Wildman–Crippen LogP) is 3.97. The summed E-state index contributed by atoms with van der Waals surface area (Å²) in [7, 11) is 1.62. The minimum atomic E-state index is -0.211. The van der Waals surface area contributed by atoms with Crippen molar-refractivity contribution in [2.45, 2.75) is 25.8 Å². The Morgan fingerprint density at radius 1 is 0.939 bits per heavy atom. The van der Waals surface area contributed by atoms with Gasteiger partial charge < -0.3 is 9.64 Å². The van der Waals surface area contributed by atoms with Crippen LogP contribution in [0.2, 0.25) is 0 Å². The Morgan fingerprint density at radius 3 is 2.42 bits per heavy atom. The molecular weight excluding hydrogens is 414 g/mol. The molecule has 2 aromatic rings. The van der Waals surface area contributed by atoms with Crippen molar-refractivity contribution >= 4 is 17.5 Å². The molecule has 2 heterocycles. The molecule has 2 aromatic carbocycles. The normalized spacial score (nSPS) is 20.9. The van der Waals surface area contributed by atoms with Crippen LogP contribution in [0, 0.1) is 5.92 Å². The molecule has 0 saturated carbocycles. The lowest BCUT2D eigenvalue weighted by Crippen LogP contribution is -2.48. The van der Waals surface area contributed by atoms with Gasteiger partial charge in [-0.2, -0.15) is 0 Å². The number of ether oxygens (including phenoxy) is 1. The van der Waals surface area contributed by atoms with Crippen LogP contribution in [0.5, 0.6) is 5.75 Å². The average Bonchev–Trinajstić information content (AvgIpc) is 3.10. The standard InChI is InChI=1S/C27H31N3O3/c1-33-22-12-10-21(11-13-22)19-30-26(31)23-8-5-9-24(25(23)27(30)32)29-16-14-28(15-17-29)18-20-6-3-2-4-7-20/h2-3,5,8-13,20H,4,6-7,14-19H2,1H3. The number of benzene rings is 2. The molecule has 2 aliphatic heterocycles. The van der Waals surface area contributed by atoms with Crippen molar-refractivity contribution in [2.24, 2.45) is 5.92 Å². The number of amides is 2. The Balaban J connectivity index is 1.28. The molecule has 1 aliphatic carbocycles. The third-order valence-corrected chi connectivity index (χ3v) is 7.08. The molecule has 1 unspecified atom stereocenters. The lowest BCUT2D eigenvalue weighted by molar-refractivity contribution is 0.0642. The minimum Gasteiger partial charge on any atom is -0.497 e. The van der Waals surface area contributed by atoms with Crippen molar-refractivity contribution < 1.29 is 14.3 Å². The molecular formula is C27H31N3O3. The van der Waals surface area contributed by atoms with Crippen LogP contribution < -0.4 is 9.64 Å². The van der Waals surface area contributed by atoms with Gasteiger partial charge >= 0.3 is 0 Å². The van der Waals surface area contributed by atoms with E-state index in [1.165, 1.54) is 24.2 Å². The Hall–Kier alpha value is -3.12. The molecule has 0 spiro atoms. The third kappa shape index (κ3) is 4.40. The fourth-order valence-corrected chi connectivity index (χ4v) is 5.19. The van der Waals surface area contributed by atoms with Gasteiger partial charge in [0.1, 0.15) is 5.75 Å². The van der Waals surface area contributed by atoms with Crippen LogP contribution >= 0.6 is 0 Å². The van der Waals surface area contributed by atoms with Crippen LogP contribution in [0.25, 0.3) is 0 Å². The maximum atomic E-state index is 13.4. The number of imide groups is 1. The molecule has 0 aromatic heterocycles. The first kappa shape index (κ1) is 21.7. The predicted molar refractivity (Wildman–Crippen MR) is 129 cm³/mol. The van der Waals surface area contributed by atoms with Crippen molar-refractivity contribution in [3.63, 3.8) is 0 Å².